The number of hydrogen-bond donors (Lipinski definition) is 3. The molecule has 2 rings (SSSR count). The Hall–Kier alpha value is -1.61. The molecule has 1 aromatic carbocycles. The van der Waals surface area contributed by atoms with Crippen LogP contribution in [0, 0.1) is 12.7 Å². The van der Waals surface area contributed by atoms with Gasteiger partial charge in [-0.1, -0.05) is 12.1 Å². The number of benzene rings is 1. The minimum absolute atomic E-state index is 0. The summed E-state index contributed by atoms with van der Waals surface area (Å²) in [5.74, 6) is 1.68. The zero-order valence-corrected chi connectivity index (χ0v) is 18.4. The van der Waals surface area contributed by atoms with Gasteiger partial charge in [0.1, 0.15) is 22.9 Å². The van der Waals surface area contributed by atoms with Crippen molar-refractivity contribution in [3.05, 3.63) is 59.3 Å². The molecule has 7 heteroatoms. The lowest BCUT2D eigenvalue weighted by Crippen LogP contribution is -2.39. The SMILES string of the molecule is CCNC(=NCC(C)(O)c1ccc(C)o1)NCCCc1cccc(F)c1.I. The van der Waals surface area contributed by atoms with Gasteiger partial charge in [0.2, 0.25) is 0 Å². The zero-order chi connectivity index (χ0) is 19.0. The van der Waals surface area contributed by atoms with E-state index in [2.05, 4.69) is 15.6 Å². The number of aryl methyl sites for hydroxylation is 2. The molecule has 0 aliphatic heterocycles. The highest BCUT2D eigenvalue weighted by Gasteiger charge is 2.26. The van der Waals surface area contributed by atoms with Crippen molar-refractivity contribution in [1.29, 1.82) is 0 Å². The molecule has 1 atom stereocenters. The second-order valence-corrected chi connectivity index (χ2v) is 6.54. The van der Waals surface area contributed by atoms with Crippen LogP contribution in [-0.2, 0) is 12.0 Å². The van der Waals surface area contributed by atoms with E-state index in [0.717, 1.165) is 30.7 Å². The Labute approximate surface area is 177 Å². The monoisotopic (exact) mass is 489 g/mol. The molecule has 0 aliphatic rings. The quantitative estimate of drug-likeness (QED) is 0.229. The number of furan rings is 1. The van der Waals surface area contributed by atoms with Crippen molar-refractivity contribution in [2.24, 2.45) is 4.99 Å². The summed E-state index contributed by atoms with van der Waals surface area (Å²) in [4.78, 5) is 4.45. The molecule has 0 saturated heterocycles. The molecule has 3 N–H and O–H groups in total. The Morgan fingerprint density at radius 3 is 2.67 bits per heavy atom. The third-order valence-corrected chi connectivity index (χ3v) is 3.98. The van der Waals surface area contributed by atoms with Gasteiger partial charge in [-0.05, 0) is 63.4 Å². The summed E-state index contributed by atoms with van der Waals surface area (Å²) in [6.07, 6.45) is 1.63. The van der Waals surface area contributed by atoms with Crippen LogP contribution in [0.15, 0.2) is 45.8 Å². The van der Waals surface area contributed by atoms with E-state index in [4.69, 9.17) is 4.42 Å². The van der Waals surface area contributed by atoms with Gasteiger partial charge in [-0.3, -0.25) is 0 Å². The van der Waals surface area contributed by atoms with E-state index in [1.165, 1.54) is 6.07 Å². The smallest absolute Gasteiger partial charge is 0.191 e. The van der Waals surface area contributed by atoms with Crippen LogP contribution >= 0.6 is 24.0 Å². The van der Waals surface area contributed by atoms with Crippen molar-refractivity contribution in [2.45, 2.75) is 39.2 Å². The first-order valence-corrected chi connectivity index (χ1v) is 8.96. The molecule has 150 valence electrons. The van der Waals surface area contributed by atoms with Gasteiger partial charge in [-0.15, -0.1) is 24.0 Å². The first kappa shape index (κ1) is 23.4. The Bertz CT molecular complexity index is 732. The number of guanidine groups is 1. The Morgan fingerprint density at radius 1 is 1.26 bits per heavy atom. The highest BCUT2D eigenvalue weighted by molar-refractivity contribution is 14.0. The lowest BCUT2D eigenvalue weighted by molar-refractivity contribution is 0.0428. The number of nitrogens with zero attached hydrogens (tertiary/aromatic N) is 1. The van der Waals surface area contributed by atoms with E-state index in [0.29, 0.717) is 18.3 Å². The van der Waals surface area contributed by atoms with E-state index in [1.54, 1.807) is 25.1 Å². The molecule has 5 nitrogen and oxygen atoms in total. The third-order valence-electron chi connectivity index (χ3n) is 3.98. The van der Waals surface area contributed by atoms with Crippen LogP contribution in [0.25, 0.3) is 0 Å². The van der Waals surface area contributed by atoms with Crippen LogP contribution < -0.4 is 10.6 Å². The molecule has 0 fully saturated rings. The molecule has 0 aliphatic carbocycles. The summed E-state index contributed by atoms with van der Waals surface area (Å²) in [7, 11) is 0. The summed E-state index contributed by atoms with van der Waals surface area (Å²) in [6.45, 7) is 7.11. The predicted octanol–water partition coefficient (Wildman–Crippen LogP) is 3.74. The van der Waals surface area contributed by atoms with Crippen LogP contribution in [-0.4, -0.2) is 30.7 Å². The standard InChI is InChI=1S/C20H28FN3O2.HI/c1-4-22-19(23-12-6-8-16-7-5-9-17(21)13-16)24-14-20(3,25)18-11-10-15(2)26-18;/h5,7,9-11,13,25H,4,6,8,12,14H2,1-3H3,(H2,22,23,24);1H. The van der Waals surface area contributed by atoms with Crippen molar-refractivity contribution < 1.29 is 13.9 Å². The van der Waals surface area contributed by atoms with Crippen LogP contribution in [0.4, 0.5) is 4.39 Å². The van der Waals surface area contributed by atoms with Crippen molar-refractivity contribution in [3.8, 4) is 0 Å². The molecular formula is C20H29FIN3O2. The Balaban J connectivity index is 0.00000364. The summed E-state index contributed by atoms with van der Waals surface area (Å²) in [5.41, 5.74) is -0.192. The van der Waals surface area contributed by atoms with E-state index < -0.39 is 5.60 Å². The van der Waals surface area contributed by atoms with Crippen LogP contribution in [0.3, 0.4) is 0 Å². The fourth-order valence-corrected chi connectivity index (χ4v) is 2.57. The molecule has 0 spiro atoms. The molecule has 1 unspecified atom stereocenters. The molecule has 0 saturated carbocycles. The molecular weight excluding hydrogens is 460 g/mol. The zero-order valence-electron chi connectivity index (χ0n) is 16.1. The van der Waals surface area contributed by atoms with Crippen molar-refractivity contribution in [1.82, 2.24) is 10.6 Å². The van der Waals surface area contributed by atoms with Gasteiger partial charge < -0.3 is 20.2 Å². The Kier molecular flexibility index (Phi) is 9.79. The first-order valence-electron chi connectivity index (χ1n) is 8.96. The lowest BCUT2D eigenvalue weighted by Gasteiger charge is -2.19. The number of rotatable bonds is 8. The lowest BCUT2D eigenvalue weighted by atomic mass is 10.0. The van der Waals surface area contributed by atoms with Crippen molar-refractivity contribution in [2.75, 3.05) is 19.6 Å². The number of aliphatic hydroxyl groups is 1. The molecule has 0 radical (unpaired) electrons. The largest absolute Gasteiger partial charge is 0.463 e. The summed E-state index contributed by atoms with van der Waals surface area (Å²) >= 11 is 0. The predicted molar refractivity (Wildman–Crippen MR) is 117 cm³/mol. The van der Waals surface area contributed by atoms with Gasteiger partial charge in [0.25, 0.3) is 0 Å². The molecule has 0 bridgehead atoms. The number of aliphatic imine (C=N–C) groups is 1. The second kappa shape index (κ2) is 11.3. The van der Waals surface area contributed by atoms with Crippen molar-refractivity contribution in [3.63, 3.8) is 0 Å². The van der Waals surface area contributed by atoms with Crippen molar-refractivity contribution >= 4 is 29.9 Å². The number of nitrogens with one attached hydrogen (secondary N) is 2. The second-order valence-electron chi connectivity index (χ2n) is 6.54. The van der Waals surface area contributed by atoms with Gasteiger partial charge in [0.05, 0.1) is 6.54 Å². The highest BCUT2D eigenvalue weighted by atomic mass is 127. The topological polar surface area (TPSA) is 69.8 Å². The first-order chi connectivity index (χ1) is 12.4. The number of hydrogen-bond acceptors (Lipinski definition) is 3. The Morgan fingerprint density at radius 2 is 2.04 bits per heavy atom. The molecule has 27 heavy (non-hydrogen) atoms. The van der Waals surface area contributed by atoms with E-state index >= 15 is 0 Å². The molecule has 1 heterocycles. The van der Waals surface area contributed by atoms with E-state index in [1.807, 2.05) is 26.0 Å². The van der Waals surface area contributed by atoms with Crippen LogP contribution in [0.1, 0.15) is 37.4 Å². The molecule has 0 amide bonds. The maximum absolute atomic E-state index is 13.2. The molecule has 1 aromatic heterocycles. The summed E-state index contributed by atoms with van der Waals surface area (Å²) < 4.78 is 18.7. The minimum atomic E-state index is -1.17. The maximum atomic E-state index is 13.2. The fourth-order valence-electron chi connectivity index (χ4n) is 2.57. The summed E-state index contributed by atoms with van der Waals surface area (Å²) in [5, 5.41) is 17.0. The van der Waals surface area contributed by atoms with E-state index in [9.17, 15) is 9.50 Å². The van der Waals surface area contributed by atoms with Gasteiger partial charge in [-0.25, -0.2) is 9.38 Å². The summed E-state index contributed by atoms with van der Waals surface area (Å²) in [6, 6.07) is 10.2. The van der Waals surface area contributed by atoms with Gasteiger partial charge >= 0.3 is 0 Å². The third kappa shape index (κ3) is 7.88. The van der Waals surface area contributed by atoms with Gasteiger partial charge in [0.15, 0.2) is 5.96 Å². The average molecular weight is 489 g/mol. The van der Waals surface area contributed by atoms with E-state index in [-0.39, 0.29) is 36.3 Å². The molecule has 2 aromatic rings. The average Bonchev–Trinajstić information content (AvgIpc) is 3.04. The van der Waals surface area contributed by atoms with Crippen LogP contribution in [0.5, 0.6) is 0 Å². The fraction of sp³-hybridized carbons (Fsp3) is 0.450. The normalized spacial score (nSPS) is 13.6. The number of halogens is 2. The minimum Gasteiger partial charge on any atom is -0.463 e. The maximum Gasteiger partial charge on any atom is 0.191 e. The highest BCUT2D eigenvalue weighted by Crippen LogP contribution is 2.23. The van der Waals surface area contributed by atoms with Gasteiger partial charge in [0, 0.05) is 13.1 Å². The van der Waals surface area contributed by atoms with Gasteiger partial charge in [-0.2, -0.15) is 0 Å². The van der Waals surface area contributed by atoms with Crippen LogP contribution in [0.2, 0.25) is 0 Å².